The molecule has 0 aromatic heterocycles. The van der Waals surface area contributed by atoms with Crippen molar-refractivity contribution in [3.05, 3.63) is 24.0 Å². The largest absolute Gasteiger partial charge is 0.492 e. The zero-order chi connectivity index (χ0) is 17.7. The SMILES string of the molecule is CCOc1ccc(F)cc1NC(=O)C1CCN(C(=O)N(C)C)CC1. The second-order valence-electron chi connectivity index (χ2n) is 6.00. The summed E-state index contributed by atoms with van der Waals surface area (Å²) in [5.74, 6) is -0.347. The van der Waals surface area contributed by atoms with E-state index < -0.39 is 5.82 Å². The maximum absolute atomic E-state index is 13.4. The number of benzene rings is 1. The molecule has 132 valence electrons. The van der Waals surface area contributed by atoms with Crippen LogP contribution < -0.4 is 10.1 Å². The molecule has 0 saturated carbocycles. The number of ether oxygens (including phenoxy) is 1. The summed E-state index contributed by atoms with van der Waals surface area (Å²) in [6.07, 6.45) is 1.18. The number of amides is 3. The molecule has 1 N–H and O–H groups in total. The first-order valence-corrected chi connectivity index (χ1v) is 8.11. The molecule has 7 heteroatoms. The molecule has 1 saturated heterocycles. The molecule has 24 heavy (non-hydrogen) atoms. The number of carbonyl (C=O) groups excluding carboxylic acids is 2. The lowest BCUT2D eigenvalue weighted by atomic mass is 9.96. The highest BCUT2D eigenvalue weighted by atomic mass is 19.1. The van der Waals surface area contributed by atoms with E-state index in [9.17, 15) is 14.0 Å². The molecular weight excluding hydrogens is 313 g/mol. The van der Waals surface area contributed by atoms with Gasteiger partial charge in [-0.3, -0.25) is 4.79 Å². The van der Waals surface area contributed by atoms with Gasteiger partial charge in [0, 0.05) is 39.2 Å². The molecule has 1 fully saturated rings. The predicted molar refractivity (Wildman–Crippen MR) is 89.6 cm³/mol. The van der Waals surface area contributed by atoms with E-state index in [0.29, 0.717) is 44.0 Å². The summed E-state index contributed by atoms with van der Waals surface area (Å²) in [4.78, 5) is 27.6. The van der Waals surface area contributed by atoms with E-state index in [2.05, 4.69) is 5.32 Å². The fourth-order valence-corrected chi connectivity index (χ4v) is 2.73. The number of hydrogen-bond acceptors (Lipinski definition) is 3. The van der Waals surface area contributed by atoms with Gasteiger partial charge in [0.25, 0.3) is 0 Å². The summed E-state index contributed by atoms with van der Waals surface area (Å²) in [6, 6.07) is 4.02. The maximum Gasteiger partial charge on any atom is 0.319 e. The van der Waals surface area contributed by atoms with Crippen LogP contribution >= 0.6 is 0 Å². The van der Waals surface area contributed by atoms with Crippen LogP contribution in [-0.2, 0) is 4.79 Å². The second kappa shape index (κ2) is 7.99. The maximum atomic E-state index is 13.4. The van der Waals surface area contributed by atoms with Crippen molar-refractivity contribution in [1.29, 1.82) is 0 Å². The second-order valence-corrected chi connectivity index (χ2v) is 6.00. The first kappa shape index (κ1) is 18.0. The molecule has 0 spiro atoms. The van der Waals surface area contributed by atoms with Gasteiger partial charge in [-0.05, 0) is 31.9 Å². The summed E-state index contributed by atoms with van der Waals surface area (Å²) in [7, 11) is 3.42. The minimum Gasteiger partial charge on any atom is -0.492 e. The van der Waals surface area contributed by atoms with Crippen LogP contribution in [0.3, 0.4) is 0 Å². The third-order valence-electron chi connectivity index (χ3n) is 4.02. The number of carbonyl (C=O) groups is 2. The van der Waals surface area contributed by atoms with Crippen LogP contribution in [0.4, 0.5) is 14.9 Å². The monoisotopic (exact) mass is 337 g/mol. The number of hydrogen-bond donors (Lipinski definition) is 1. The third kappa shape index (κ3) is 4.37. The van der Waals surface area contributed by atoms with E-state index >= 15 is 0 Å². The van der Waals surface area contributed by atoms with Crippen LogP contribution in [0.25, 0.3) is 0 Å². The third-order valence-corrected chi connectivity index (χ3v) is 4.02. The predicted octanol–water partition coefficient (Wildman–Crippen LogP) is 2.56. The molecule has 0 bridgehead atoms. The normalized spacial score (nSPS) is 15.1. The smallest absolute Gasteiger partial charge is 0.319 e. The van der Waals surface area contributed by atoms with Gasteiger partial charge in [0.15, 0.2) is 0 Å². The van der Waals surface area contributed by atoms with E-state index in [4.69, 9.17) is 4.74 Å². The van der Waals surface area contributed by atoms with Crippen molar-refractivity contribution in [3.8, 4) is 5.75 Å². The first-order valence-electron chi connectivity index (χ1n) is 8.11. The summed E-state index contributed by atoms with van der Waals surface area (Å²) >= 11 is 0. The number of nitrogens with one attached hydrogen (secondary N) is 1. The Balaban J connectivity index is 1.97. The molecule has 0 atom stereocenters. The fraction of sp³-hybridized carbons (Fsp3) is 0.529. The summed E-state index contributed by atoms with van der Waals surface area (Å²) in [5, 5.41) is 2.75. The summed E-state index contributed by atoms with van der Waals surface area (Å²) in [5.41, 5.74) is 0.341. The molecule has 1 aliphatic heterocycles. The Labute approximate surface area is 141 Å². The van der Waals surface area contributed by atoms with Crippen molar-refractivity contribution in [3.63, 3.8) is 0 Å². The van der Waals surface area contributed by atoms with Crippen molar-refractivity contribution in [2.24, 2.45) is 5.92 Å². The molecule has 2 rings (SSSR count). The van der Waals surface area contributed by atoms with E-state index in [1.54, 1.807) is 19.0 Å². The number of urea groups is 1. The molecular formula is C17H24FN3O3. The van der Waals surface area contributed by atoms with Crippen LogP contribution in [0.2, 0.25) is 0 Å². The quantitative estimate of drug-likeness (QED) is 0.918. The van der Waals surface area contributed by atoms with E-state index in [0.717, 1.165) is 0 Å². The van der Waals surface area contributed by atoms with Crippen molar-refractivity contribution in [2.75, 3.05) is 39.1 Å². The molecule has 1 aromatic carbocycles. The number of likely N-dealkylation sites (tertiary alicyclic amines) is 1. The minimum absolute atomic E-state index is 0.0439. The lowest BCUT2D eigenvalue weighted by molar-refractivity contribution is -0.121. The zero-order valence-corrected chi connectivity index (χ0v) is 14.3. The molecule has 0 aliphatic carbocycles. The number of halogens is 1. The number of piperidine rings is 1. The first-order chi connectivity index (χ1) is 11.4. The van der Waals surface area contributed by atoms with Gasteiger partial charge in [0.2, 0.25) is 5.91 Å². The van der Waals surface area contributed by atoms with Gasteiger partial charge in [-0.1, -0.05) is 0 Å². The van der Waals surface area contributed by atoms with E-state index in [-0.39, 0.29) is 17.9 Å². The topological polar surface area (TPSA) is 61.9 Å². The van der Waals surface area contributed by atoms with Crippen molar-refractivity contribution in [2.45, 2.75) is 19.8 Å². The van der Waals surface area contributed by atoms with Crippen LogP contribution in [-0.4, -0.2) is 55.5 Å². The molecule has 1 aliphatic rings. The van der Waals surface area contributed by atoms with Crippen LogP contribution in [0, 0.1) is 11.7 Å². The van der Waals surface area contributed by atoms with Crippen LogP contribution in [0.5, 0.6) is 5.75 Å². The average Bonchev–Trinajstić information content (AvgIpc) is 2.56. The summed E-state index contributed by atoms with van der Waals surface area (Å²) in [6.45, 7) is 3.33. The number of anilines is 1. The summed E-state index contributed by atoms with van der Waals surface area (Å²) < 4.78 is 18.9. The lowest BCUT2D eigenvalue weighted by Crippen LogP contribution is -2.45. The molecule has 1 aromatic rings. The van der Waals surface area contributed by atoms with Gasteiger partial charge < -0.3 is 19.9 Å². The standard InChI is InChI=1S/C17H24FN3O3/c1-4-24-15-6-5-13(18)11-14(15)19-16(22)12-7-9-21(10-8-12)17(23)20(2)3/h5-6,11-12H,4,7-10H2,1-3H3,(H,19,22). The van der Waals surface area contributed by atoms with Crippen molar-refractivity contribution >= 4 is 17.6 Å². The highest BCUT2D eigenvalue weighted by Gasteiger charge is 2.28. The average molecular weight is 337 g/mol. The van der Waals surface area contributed by atoms with Gasteiger partial charge in [0.05, 0.1) is 12.3 Å². The Kier molecular flexibility index (Phi) is 6.00. The molecule has 6 nitrogen and oxygen atoms in total. The van der Waals surface area contributed by atoms with Crippen LogP contribution in [0.1, 0.15) is 19.8 Å². The van der Waals surface area contributed by atoms with Crippen LogP contribution in [0.15, 0.2) is 18.2 Å². The Morgan fingerprint density at radius 2 is 2.00 bits per heavy atom. The fourth-order valence-electron chi connectivity index (χ4n) is 2.73. The van der Waals surface area contributed by atoms with Crippen molar-refractivity contribution in [1.82, 2.24) is 9.80 Å². The number of nitrogens with zero attached hydrogens (tertiary/aromatic N) is 2. The van der Waals surface area contributed by atoms with Gasteiger partial charge in [-0.2, -0.15) is 0 Å². The van der Waals surface area contributed by atoms with E-state index in [1.807, 2.05) is 6.92 Å². The minimum atomic E-state index is -0.430. The highest BCUT2D eigenvalue weighted by molar-refractivity contribution is 5.94. The Morgan fingerprint density at radius 3 is 2.58 bits per heavy atom. The Morgan fingerprint density at radius 1 is 1.33 bits per heavy atom. The van der Waals surface area contributed by atoms with Gasteiger partial charge in [-0.15, -0.1) is 0 Å². The van der Waals surface area contributed by atoms with Crippen molar-refractivity contribution < 1.29 is 18.7 Å². The molecule has 3 amide bonds. The lowest BCUT2D eigenvalue weighted by Gasteiger charge is -2.33. The molecule has 1 heterocycles. The van der Waals surface area contributed by atoms with Gasteiger partial charge in [0.1, 0.15) is 11.6 Å². The van der Waals surface area contributed by atoms with E-state index in [1.165, 1.54) is 23.1 Å². The Bertz CT molecular complexity index is 599. The highest BCUT2D eigenvalue weighted by Crippen LogP contribution is 2.27. The Hall–Kier alpha value is -2.31. The number of rotatable bonds is 4. The molecule has 0 radical (unpaired) electrons. The zero-order valence-electron chi connectivity index (χ0n) is 14.3. The van der Waals surface area contributed by atoms with Gasteiger partial charge >= 0.3 is 6.03 Å². The molecule has 0 unspecified atom stereocenters. The van der Waals surface area contributed by atoms with Gasteiger partial charge in [-0.25, -0.2) is 9.18 Å².